The number of aryl methyl sites for hydroxylation is 1. The molecular weight excluding hydrogens is 409 g/mol. The standard InChI is InChI=1S/C25H32FN3O3/c1-3-4-5-6-7-25(32)29(17-20-10-12-21(26)13-11-20)18-24(31)27-16-23(30)28-22-14-8-19(2)9-15-22/h8-15H,3-7,16-18H2,1-2H3,(H,27,31)(H,28,30). The van der Waals surface area contributed by atoms with Crippen molar-refractivity contribution in [3.05, 3.63) is 65.5 Å². The summed E-state index contributed by atoms with van der Waals surface area (Å²) in [7, 11) is 0. The van der Waals surface area contributed by atoms with Gasteiger partial charge in [-0.2, -0.15) is 0 Å². The number of nitrogens with zero attached hydrogens (tertiary/aromatic N) is 1. The summed E-state index contributed by atoms with van der Waals surface area (Å²) in [5.41, 5.74) is 2.46. The largest absolute Gasteiger partial charge is 0.345 e. The third kappa shape index (κ3) is 9.29. The maximum absolute atomic E-state index is 13.2. The number of nitrogens with one attached hydrogen (secondary N) is 2. The minimum atomic E-state index is -0.423. The van der Waals surface area contributed by atoms with E-state index in [4.69, 9.17) is 0 Å². The quantitative estimate of drug-likeness (QED) is 0.485. The molecule has 0 spiro atoms. The van der Waals surface area contributed by atoms with Crippen LogP contribution in [0.15, 0.2) is 48.5 Å². The zero-order valence-corrected chi connectivity index (χ0v) is 18.8. The molecule has 6 nitrogen and oxygen atoms in total. The van der Waals surface area contributed by atoms with Gasteiger partial charge in [0.2, 0.25) is 17.7 Å². The molecule has 2 aromatic carbocycles. The number of rotatable bonds is 12. The lowest BCUT2D eigenvalue weighted by atomic mass is 10.1. The SMILES string of the molecule is CCCCCCC(=O)N(CC(=O)NCC(=O)Nc1ccc(C)cc1)Cc1ccc(F)cc1. The summed E-state index contributed by atoms with van der Waals surface area (Å²) in [4.78, 5) is 38.7. The van der Waals surface area contributed by atoms with Gasteiger partial charge in [0, 0.05) is 18.7 Å². The molecule has 0 radical (unpaired) electrons. The van der Waals surface area contributed by atoms with Crippen molar-refractivity contribution in [2.24, 2.45) is 0 Å². The van der Waals surface area contributed by atoms with Gasteiger partial charge in [0.1, 0.15) is 5.82 Å². The van der Waals surface area contributed by atoms with Crippen molar-refractivity contribution >= 4 is 23.4 Å². The first kappa shape index (κ1) is 25.0. The Hall–Kier alpha value is -3.22. The molecule has 0 fully saturated rings. The van der Waals surface area contributed by atoms with Gasteiger partial charge < -0.3 is 15.5 Å². The number of halogens is 1. The molecule has 0 aliphatic carbocycles. The fourth-order valence-electron chi connectivity index (χ4n) is 3.15. The van der Waals surface area contributed by atoms with E-state index < -0.39 is 5.91 Å². The first-order valence-corrected chi connectivity index (χ1v) is 11.0. The second kappa shape index (κ2) is 13.2. The molecule has 172 valence electrons. The molecule has 0 aliphatic heterocycles. The summed E-state index contributed by atoms with van der Waals surface area (Å²) in [6.45, 7) is 3.90. The molecule has 0 saturated carbocycles. The number of benzene rings is 2. The monoisotopic (exact) mass is 441 g/mol. The van der Waals surface area contributed by atoms with Crippen molar-refractivity contribution in [2.45, 2.75) is 52.5 Å². The highest BCUT2D eigenvalue weighted by atomic mass is 19.1. The molecule has 0 saturated heterocycles. The molecule has 3 amide bonds. The Morgan fingerprint density at radius 3 is 2.25 bits per heavy atom. The number of amides is 3. The molecule has 0 unspecified atom stereocenters. The van der Waals surface area contributed by atoms with Crippen LogP contribution < -0.4 is 10.6 Å². The van der Waals surface area contributed by atoms with Crippen LogP contribution in [0.25, 0.3) is 0 Å². The summed E-state index contributed by atoms with van der Waals surface area (Å²) in [6, 6.07) is 13.2. The first-order chi connectivity index (χ1) is 15.4. The van der Waals surface area contributed by atoms with Crippen molar-refractivity contribution in [1.29, 1.82) is 0 Å². The molecular formula is C25H32FN3O3. The van der Waals surface area contributed by atoms with E-state index in [1.807, 2.05) is 19.1 Å². The van der Waals surface area contributed by atoms with Gasteiger partial charge in [0.25, 0.3) is 0 Å². The van der Waals surface area contributed by atoms with Gasteiger partial charge in [-0.1, -0.05) is 56.0 Å². The third-order valence-corrected chi connectivity index (χ3v) is 5.00. The first-order valence-electron chi connectivity index (χ1n) is 11.0. The van der Waals surface area contributed by atoms with Crippen molar-refractivity contribution in [1.82, 2.24) is 10.2 Å². The second-order valence-electron chi connectivity index (χ2n) is 7.88. The van der Waals surface area contributed by atoms with Crippen LogP contribution in [0.4, 0.5) is 10.1 Å². The fourth-order valence-corrected chi connectivity index (χ4v) is 3.15. The average molecular weight is 442 g/mol. The Bertz CT molecular complexity index is 882. The normalized spacial score (nSPS) is 10.5. The van der Waals surface area contributed by atoms with Gasteiger partial charge in [0.15, 0.2) is 0 Å². The maximum Gasteiger partial charge on any atom is 0.243 e. The molecule has 0 atom stereocenters. The van der Waals surface area contributed by atoms with Crippen molar-refractivity contribution in [3.63, 3.8) is 0 Å². The number of anilines is 1. The number of hydrogen-bond donors (Lipinski definition) is 2. The third-order valence-electron chi connectivity index (χ3n) is 5.00. The van der Waals surface area contributed by atoms with Crippen LogP contribution in [0.1, 0.15) is 50.2 Å². The summed E-state index contributed by atoms with van der Waals surface area (Å²) in [6.07, 6.45) is 4.19. The van der Waals surface area contributed by atoms with Crippen LogP contribution >= 0.6 is 0 Å². The fraction of sp³-hybridized carbons (Fsp3) is 0.400. The Morgan fingerprint density at radius 1 is 0.906 bits per heavy atom. The van der Waals surface area contributed by atoms with Crippen LogP contribution in [0.5, 0.6) is 0 Å². The lowest BCUT2D eigenvalue weighted by Crippen LogP contribution is -2.42. The summed E-state index contributed by atoms with van der Waals surface area (Å²) >= 11 is 0. The molecule has 2 aromatic rings. The molecule has 2 N–H and O–H groups in total. The van der Waals surface area contributed by atoms with Gasteiger partial charge >= 0.3 is 0 Å². The Balaban J connectivity index is 1.90. The van der Waals surface area contributed by atoms with E-state index in [-0.39, 0.29) is 37.3 Å². The average Bonchev–Trinajstić information content (AvgIpc) is 2.78. The minimum Gasteiger partial charge on any atom is -0.345 e. The van der Waals surface area contributed by atoms with Gasteiger partial charge in [-0.25, -0.2) is 4.39 Å². The smallest absolute Gasteiger partial charge is 0.243 e. The van der Waals surface area contributed by atoms with E-state index in [9.17, 15) is 18.8 Å². The second-order valence-corrected chi connectivity index (χ2v) is 7.88. The van der Waals surface area contributed by atoms with E-state index >= 15 is 0 Å². The Labute approximate surface area is 189 Å². The molecule has 0 aliphatic rings. The lowest BCUT2D eigenvalue weighted by molar-refractivity contribution is -0.137. The van der Waals surface area contributed by atoms with Crippen molar-refractivity contribution in [3.8, 4) is 0 Å². The molecule has 0 aromatic heterocycles. The van der Waals surface area contributed by atoms with Crippen LogP contribution in [0.2, 0.25) is 0 Å². The summed E-state index contributed by atoms with van der Waals surface area (Å²) in [5, 5.41) is 5.28. The number of hydrogen-bond acceptors (Lipinski definition) is 3. The van der Waals surface area contributed by atoms with E-state index in [0.717, 1.165) is 36.8 Å². The van der Waals surface area contributed by atoms with Gasteiger partial charge in [-0.05, 0) is 43.2 Å². The van der Waals surface area contributed by atoms with Crippen LogP contribution in [-0.2, 0) is 20.9 Å². The van der Waals surface area contributed by atoms with Crippen LogP contribution in [0, 0.1) is 12.7 Å². The molecule has 0 bridgehead atoms. The highest BCUT2D eigenvalue weighted by Crippen LogP contribution is 2.11. The van der Waals surface area contributed by atoms with Gasteiger partial charge in [-0.3, -0.25) is 14.4 Å². The van der Waals surface area contributed by atoms with Gasteiger partial charge in [-0.15, -0.1) is 0 Å². The van der Waals surface area contributed by atoms with Crippen LogP contribution in [0.3, 0.4) is 0 Å². The predicted molar refractivity (Wildman–Crippen MR) is 123 cm³/mol. The van der Waals surface area contributed by atoms with Crippen LogP contribution in [-0.4, -0.2) is 35.7 Å². The zero-order valence-electron chi connectivity index (χ0n) is 18.8. The lowest BCUT2D eigenvalue weighted by Gasteiger charge is -2.22. The van der Waals surface area contributed by atoms with E-state index in [1.165, 1.54) is 17.0 Å². The molecule has 32 heavy (non-hydrogen) atoms. The number of carbonyl (C=O) groups excluding carboxylic acids is 3. The highest BCUT2D eigenvalue weighted by molar-refractivity contribution is 5.95. The number of unbranched alkanes of at least 4 members (excludes halogenated alkanes) is 3. The molecule has 0 heterocycles. The maximum atomic E-state index is 13.2. The summed E-state index contributed by atoms with van der Waals surface area (Å²) < 4.78 is 13.2. The highest BCUT2D eigenvalue weighted by Gasteiger charge is 2.18. The van der Waals surface area contributed by atoms with E-state index in [2.05, 4.69) is 17.6 Å². The summed E-state index contributed by atoms with van der Waals surface area (Å²) in [5.74, 6) is -1.26. The zero-order chi connectivity index (χ0) is 23.3. The van der Waals surface area contributed by atoms with E-state index in [0.29, 0.717) is 12.1 Å². The number of carbonyl (C=O) groups is 3. The molecule has 2 rings (SSSR count). The Morgan fingerprint density at radius 2 is 1.59 bits per heavy atom. The minimum absolute atomic E-state index is 0.135. The van der Waals surface area contributed by atoms with Crippen molar-refractivity contribution < 1.29 is 18.8 Å². The predicted octanol–water partition coefficient (Wildman–Crippen LogP) is 4.19. The van der Waals surface area contributed by atoms with Gasteiger partial charge in [0.05, 0.1) is 13.1 Å². The van der Waals surface area contributed by atoms with Crippen molar-refractivity contribution in [2.75, 3.05) is 18.4 Å². The topological polar surface area (TPSA) is 78.5 Å². The Kier molecular flexibility index (Phi) is 10.4. The molecule has 7 heteroatoms. The van der Waals surface area contributed by atoms with E-state index in [1.54, 1.807) is 24.3 Å².